The second-order valence-corrected chi connectivity index (χ2v) is 12.9. The van der Waals surface area contributed by atoms with Crippen LogP contribution in [0.3, 0.4) is 0 Å². The summed E-state index contributed by atoms with van der Waals surface area (Å²) in [7, 11) is 0. The van der Waals surface area contributed by atoms with Crippen LogP contribution in [-0.4, -0.2) is 19.5 Å². The minimum atomic E-state index is 0.634. The highest BCUT2D eigenvalue weighted by Gasteiger charge is 2.16. The van der Waals surface area contributed by atoms with Crippen molar-refractivity contribution >= 4 is 43.4 Å². The molecule has 0 fully saturated rings. The van der Waals surface area contributed by atoms with Gasteiger partial charge in [-0.2, -0.15) is 0 Å². The van der Waals surface area contributed by atoms with Crippen LogP contribution in [0.15, 0.2) is 182 Å². The molecule has 0 spiro atoms. The van der Waals surface area contributed by atoms with Crippen LogP contribution in [0.4, 0.5) is 0 Å². The summed E-state index contributed by atoms with van der Waals surface area (Å²) >= 11 is 0. The van der Waals surface area contributed by atoms with Crippen molar-refractivity contribution in [3.8, 4) is 51.0 Å². The van der Waals surface area contributed by atoms with Gasteiger partial charge in [0.05, 0.1) is 11.0 Å². The van der Waals surface area contributed by atoms with Crippen LogP contribution in [0.25, 0.3) is 94.3 Å². The third kappa shape index (κ3) is 5.04. The molecule has 2 aromatic heterocycles. The van der Waals surface area contributed by atoms with Gasteiger partial charge in [-0.05, 0) is 75.1 Å². The number of benzene rings is 8. The Hall–Kier alpha value is -6.91. The maximum Gasteiger partial charge on any atom is 0.164 e. The predicted octanol–water partition coefficient (Wildman–Crippen LogP) is 11.9. The molecule has 0 unspecified atom stereocenters. The maximum atomic E-state index is 5.11. The van der Waals surface area contributed by atoms with Crippen molar-refractivity contribution in [3.63, 3.8) is 0 Å². The van der Waals surface area contributed by atoms with E-state index in [1.165, 1.54) is 38.1 Å². The number of hydrogen-bond donors (Lipinski definition) is 0. The van der Waals surface area contributed by atoms with Crippen LogP contribution >= 0.6 is 0 Å². The zero-order valence-corrected chi connectivity index (χ0v) is 27.6. The van der Waals surface area contributed by atoms with Crippen LogP contribution in [0.5, 0.6) is 0 Å². The van der Waals surface area contributed by atoms with Crippen LogP contribution in [-0.2, 0) is 0 Å². The van der Waals surface area contributed by atoms with Gasteiger partial charge in [-0.25, -0.2) is 15.0 Å². The molecule has 10 rings (SSSR count). The van der Waals surface area contributed by atoms with Crippen LogP contribution in [0.1, 0.15) is 0 Å². The van der Waals surface area contributed by atoms with Crippen molar-refractivity contribution in [2.75, 3.05) is 0 Å². The summed E-state index contributed by atoms with van der Waals surface area (Å²) in [6.07, 6.45) is 0. The smallest absolute Gasteiger partial charge is 0.164 e. The Morgan fingerprint density at radius 2 is 0.843 bits per heavy atom. The molecule has 0 atom stereocenters. The van der Waals surface area contributed by atoms with Crippen molar-refractivity contribution in [1.82, 2.24) is 19.5 Å². The molecule has 2 heterocycles. The predicted molar refractivity (Wildman–Crippen MR) is 211 cm³/mol. The first-order valence-electron chi connectivity index (χ1n) is 17.2. The SMILES string of the molecule is c1ccc(-c2ccc(-c3nc(-c4ccc(-n5c6ccccc6c6cc7ccccc7cc65)cc4)nc(-c4cccc5ccccc45)n3)cc2)cc1. The van der Waals surface area contributed by atoms with E-state index in [2.05, 4.69) is 180 Å². The maximum absolute atomic E-state index is 5.11. The van der Waals surface area contributed by atoms with Crippen LogP contribution < -0.4 is 0 Å². The van der Waals surface area contributed by atoms with E-state index in [4.69, 9.17) is 15.0 Å². The van der Waals surface area contributed by atoms with Crippen molar-refractivity contribution in [3.05, 3.63) is 182 Å². The van der Waals surface area contributed by atoms with Gasteiger partial charge in [-0.1, -0.05) is 140 Å². The van der Waals surface area contributed by atoms with Crippen LogP contribution in [0.2, 0.25) is 0 Å². The number of para-hydroxylation sites is 1. The fourth-order valence-corrected chi connectivity index (χ4v) is 7.31. The Balaban J connectivity index is 1.12. The Labute approximate surface area is 295 Å². The van der Waals surface area contributed by atoms with E-state index in [9.17, 15) is 0 Å². The molecule has 0 saturated carbocycles. The molecule has 10 aromatic rings. The van der Waals surface area contributed by atoms with Gasteiger partial charge in [0.2, 0.25) is 0 Å². The van der Waals surface area contributed by atoms with E-state index in [0.29, 0.717) is 17.5 Å². The fraction of sp³-hybridized carbons (Fsp3) is 0. The number of rotatable bonds is 5. The van der Waals surface area contributed by atoms with Gasteiger partial charge in [0.1, 0.15) is 0 Å². The number of fused-ring (bicyclic) bond motifs is 5. The minimum Gasteiger partial charge on any atom is -0.309 e. The van der Waals surface area contributed by atoms with E-state index in [0.717, 1.165) is 38.7 Å². The first kappa shape index (κ1) is 29.0. The summed E-state index contributed by atoms with van der Waals surface area (Å²) in [4.78, 5) is 15.3. The van der Waals surface area contributed by atoms with E-state index in [-0.39, 0.29) is 0 Å². The molecule has 0 saturated heterocycles. The Morgan fingerprint density at radius 1 is 0.314 bits per heavy atom. The average Bonchev–Trinajstić information content (AvgIpc) is 3.53. The van der Waals surface area contributed by atoms with Crippen molar-refractivity contribution in [1.29, 1.82) is 0 Å². The lowest BCUT2D eigenvalue weighted by molar-refractivity contribution is 1.07. The first-order valence-corrected chi connectivity index (χ1v) is 17.2. The highest BCUT2D eigenvalue weighted by molar-refractivity contribution is 6.13. The quantitative estimate of drug-likeness (QED) is 0.186. The lowest BCUT2D eigenvalue weighted by Gasteiger charge is -2.12. The molecule has 51 heavy (non-hydrogen) atoms. The second-order valence-electron chi connectivity index (χ2n) is 12.9. The summed E-state index contributed by atoms with van der Waals surface area (Å²) in [5.74, 6) is 1.92. The molecule has 0 amide bonds. The number of hydrogen-bond acceptors (Lipinski definition) is 3. The topological polar surface area (TPSA) is 43.6 Å². The van der Waals surface area contributed by atoms with Crippen molar-refractivity contribution in [2.45, 2.75) is 0 Å². The molecule has 238 valence electrons. The molecule has 4 nitrogen and oxygen atoms in total. The number of nitrogens with zero attached hydrogens (tertiary/aromatic N) is 4. The second kappa shape index (κ2) is 11.9. The molecule has 0 aliphatic heterocycles. The number of aromatic nitrogens is 4. The van der Waals surface area contributed by atoms with Gasteiger partial charge < -0.3 is 4.57 Å². The summed E-state index contributed by atoms with van der Waals surface area (Å²) in [6.45, 7) is 0. The average molecular weight is 651 g/mol. The van der Waals surface area contributed by atoms with Gasteiger partial charge in [0.15, 0.2) is 17.5 Å². The monoisotopic (exact) mass is 650 g/mol. The van der Waals surface area contributed by atoms with Gasteiger partial charge in [-0.15, -0.1) is 0 Å². The van der Waals surface area contributed by atoms with Gasteiger partial charge >= 0.3 is 0 Å². The molecule has 0 bridgehead atoms. The van der Waals surface area contributed by atoms with E-state index >= 15 is 0 Å². The molecular formula is C47H30N4. The summed E-state index contributed by atoms with van der Waals surface area (Å²) in [5.41, 5.74) is 8.61. The normalized spacial score (nSPS) is 11.5. The lowest BCUT2D eigenvalue weighted by Crippen LogP contribution is -2.01. The highest BCUT2D eigenvalue weighted by Crippen LogP contribution is 2.36. The molecular weight excluding hydrogens is 621 g/mol. The van der Waals surface area contributed by atoms with Gasteiger partial charge in [0, 0.05) is 33.2 Å². The molecule has 0 aliphatic carbocycles. The van der Waals surface area contributed by atoms with Crippen LogP contribution in [0, 0.1) is 0 Å². The minimum absolute atomic E-state index is 0.634. The standard InChI is InChI=1S/C47H30N4/c1-2-11-31(12-3-1)32-21-23-34(24-22-32)45-48-46(50-47(49-45)41-19-10-16-33-13-6-7-17-39(33)41)35-25-27-38(28-26-35)51-43-20-9-8-18-40(43)42-29-36-14-4-5-15-37(36)30-44(42)51/h1-30H. The largest absolute Gasteiger partial charge is 0.309 e. The zero-order valence-electron chi connectivity index (χ0n) is 27.6. The zero-order chi connectivity index (χ0) is 33.7. The molecule has 0 aliphatic rings. The van der Waals surface area contributed by atoms with E-state index in [1.807, 2.05) is 6.07 Å². The van der Waals surface area contributed by atoms with Gasteiger partial charge in [-0.3, -0.25) is 0 Å². The molecule has 0 N–H and O–H groups in total. The summed E-state index contributed by atoms with van der Waals surface area (Å²) in [5, 5.41) is 7.20. The molecule has 0 radical (unpaired) electrons. The van der Waals surface area contributed by atoms with Crippen molar-refractivity contribution in [2.24, 2.45) is 0 Å². The summed E-state index contributed by atoms with van der Waals surface area (Å²) < 4.78 is 2.36. The van der Waals surface area contributed by atoms with Gasteiger partial charge in [0.25, 0.3) is 0 Å². The Kier molecular flexibility index (Phi) is 6.78. The van der Waals surface area contributed by atoms with E-state index in [1.54, 1.807) is 0 Å². The lowest BCUT2D eigenvalue weighted by atomic mass is 10.0. The third-order valence-corrected chi connectivity index (χ3v) is 9.84. The Morgan fingerprint density at radius 3 is 1.59 bits per heavy atom. The summed E-state index contributed by atoms with van der Waals surface area (Å²) in [6, 6.07) is 64.0. The fourth-order valence-electron chi connectivity index (χ4n) is 7.31. The molecule has 8 aromatic carbocycles. The third-order valence-electron chi connectivity index (χ3n) is 9.84. The van der Waals surface area contributed by atoms with E-state index < -0.39 is 0 Å². The highest BCUT2D eigenvalue weighted by atomic mass is 15.0. The molecule has 4 heteroatoms. The Bertz CT molecular complexity index is 2880. The van der Waals surface area contributed by atoms with Crippen molar-refractivity contribution < 1.29 is 0 Å². The first-order chi connectivity index (χ1) is 25.3.